The van der Waals surface area contributed by atoms with E-state index in [0.717, 1.165) is 22.2 Å². The molecule has 0 bridgehead atoms. The molecule has 1 fully saturated rings. The fraction of sp³-hybridized carbons (Fsp3) is 0.409. The Balaban J connectivity index is 1.91. The highest BCUT2D eigenvalue weighted by Crippen LogP contribution is 2.37. The molecule has 1 aromatic carbocycles. The second-order valence-electron chi connectivity index (χ2n) is 7.52. The van der Waals surface area contributed by atoms with Crippen molar-refractivity contribution in [3.63, 3.8) is 0 Å². The third-order valence-corrected chi connectivity index (χ3v) is 5.78. The maximum Gasteiger partial charge on any atom is 0.259 e. The average molecular weight is 430 g/mol. The molecular weight excluding hydrogens is 402 g/mol. The third-order valence-electron chi connectivity index (χ3n) is 5.47. The second-order valence-corrected chi connectivity index (χ2v) is 7.93. The van der Waals surface area contributed by atoms with E-state index in [0.29, 0.717) is 42.5 Å². The Morgan fingerprint density at radius 1 is 1.30 bits per heavy atom. The minimum Gasteiger partial charge on any atom is -0.500 e. The van der Waals surface area contributed by atoms with Crippen molar-refractivity contribution in [2.45, 2.75) is 26.8 Å². The fourth-order valence-corrected chi connectivity index (χ4v) is 4.12. The van der Waals surface area contributed by atoms with Crippen molar-refractivity contribution in [2.24, 2.45) is 5.73 Å². The standard InChI is InChI=1S/C22H28ClN5O2/c1-13(24)17-12-18(23)16-6-5-7-26-20(16)21(17)27-8-10-28(11-9-27)22(29)19(14(2)25)15(3)30-4/h5-7,12-13,25H,8-11,24H2,1-4H3/b19-15+,25-14?. The van der Waals surface area contributed by atoms with Gasteiger partial charge in [0.15, 0.2) is 0 Å². The van der Waals surface area contributed by atoms with Gasteiger partial charge in [-0.25, -0.2) is 0 Å². The minimum absolute atomic E-state index is 0.173. The zero-order chi connectivity index (χ0) is 22.0. The van der Waals surface area contributed by atoms with Crippen LogP contribution in [-0.4, -0.2) is 54.8 Å². The highest BCUT2D eigenvalue weighted by Gasteiger charge is 2.29. The lowest BCUT2D eigenvalue weighted by Crippen LogP contribution is -2.50. The lowest BCUT2D eigenvalue weighted by molar-refractivity contribution is -0.127. The number of amides is 1. The number of carbonyl (C=O) groups excluding carboxylic acids is 1. The first-order chi connectivity index (χ1) is 14.3. The van der Waals surface area contributed by atoms with Crippen LogP contribution in [0.2, 0.25) is 5.02 Å². The average Bonchev–Trinajstić information content (AvgIpc) is 2.73. The number of rotatable bonds is 5. The molecule has 0 spiro atoms. The number of piperazine rings is 1. The van der Waals surface area contributed by atoms with Gasteiger partial charge in [-0.2, -0.15) is 0 Å². The Bertz CT molecular complexity index is 1010. The number of ether oxygens (including phenoxy) is 1. The van der Waals surface area contributed by atoms with E-state index in [9.17, 15) is 4.79 Å². The van der Waals surface area contributed by atoms with Crippen LogP contribution in [0, 0.1) is 5.41 Å². The van der Waals surface area contributed by atoms with Gasteiger partial charge in [-0.15, -0.1) is 0 Å². The predicted octanol–water partition coefficient (Wildman–Crippen LogP) is 3.52. The molecule has 7 nitrogen and oxygen atoms in total. The maximum atomic E-state index is 13.0. The summed E-state index contributed by atoms with van der Waals surface area (Å²) in [5, 5.41) is 9.48. The highest BCUT2D eigenvalue weighted by atomic mass is 35.5. The molecule has 1 amide bonds. The van der Waals surface area contributed by atoms with Crippen molar-refractivity contribution >= 4 is 39.8 Å². The molecule has 0 saturated carbocycles. The van der Waals surface area contributed by atoms with Gasteiger partial charge in [0.05, 0.1) is 28.9 Å². The summed E-state index contributed by atoms with van der Waals surface area (Å²) in [6.45, 7) is 7.57. The maximum absolute atomic E-state index is 13.0. The molecule has 0 radical (unpaired) electrons. The predicted molar refractivity (Wildman–Crippen MR) is 121 cm³/mol. The van der Waals surface area contributed by atoms with E-state index < -0.39 is 0 Å². The van der Waals surface area contributed by atoms with E-state index in [-0.39, 0.29) is 17.7 Å². The zero-order valence-electron chi connectivity index (χ0n) is 17.8. The minimum atomic E-state index is -0.206. The van der Waals surface area contributed by atoms with Gasteiger partial charge in [-0.1, -0.05) is 11.6 Å². The first kappa shape index (κ1) is 22.1. The SMILES string of the molecule is CO/C(C)=C(\C(C)=N)C(=O)N1CCN(c2c(C(C)N)cc(Cl)c3cccnc23)CC1. The molecule has 0 aliphatic carbocycles. The van der Waals surface area contributed by atoms with E-state index in [1.165, 1.54) is 7.11 Å². The first-order valence-electron chi connectivity index (χ1n) is 9.93. The number of hydrogen-bond donors (Lipinski definition) is 2. The summed E-state index contributed by atoms with van der Waals surface area (Å²) < 4.78 is 5.22. The number of anilines is 1. The number of pyridine rings is 1. The fourth-order valence-electron chi connectivity index (χ4n) is 3.85. The van der Waals surface area contributed by atoms with Gasteiger partial charge in [0.25, 0.3) is 5.91 Å². The van der Waals surface area contributed by atoms with Crippen LogP contribution in [0.4, 0.5) is 5.69 Å². The van der Waals surface area contributed by atoms with Gasteiger partial charge in [-0.05, 0) is 44.5 Å². The van der Waals surface area contributed by atoms with Gasteiger partial charge < -0.3 is 25.7 Å². The van der Waals surface area contributed by atoms with E-state index in [1.807, 2.05) is 25.1 Å². The topological polar surface area (TPSA) is 95.5 Å². The molecule has 30 heavy (non-hydrogen) atoms. The molecule has 8 heteroatoms. The number of nitrogens with two attached hydrogens (primary N) is 1. The number of nitrogens with zero attached hydrogens (tertiary/aromatic N) is 3. The van der Waals surface area contributed by atoms with E-state index >= 15 is 0 Å². The molecule has 1 saturated heterocycles. The van der Waals surface area contributed by atoms with E-state index in [4.69, 9.17) is 27.5 Å². The van der Waals surface area contributed by atoms with Gasteiger partial charge in [0.2, 0.25) is 0 Å². The van der Waals surface area contributed by atoms with Crippen molar-refractivity contribution in [2.75, 3.05) is 38.2 Å². The number of aromatic nitrogens is 1. The lowest BCUT2D eigenvalue weighted by Gasteiger charge is -2.38. The molecular formula is C22H28ClN5O2. The number of allylic oxidation sites excluding steroid dienone is 1. The smallest absolute Gasteiger partial charge is 0.259 e. The van der Waals surface area contributed by atoms with Crippen LogP contribution < -0.4 is 10.6 Å². The number of nitrogens with one attached hydrogen (secondary N) is 1. The zero-order valence-corrected chi connectivity index (χ0v) is 18.6. The molecule has 1 unspecified atom stereocenters. The number of methoxy groups -OCH3 is 1. The van der Waals surface area contributed by atoms with Crippen molar-refractivity contribution in [1.82, 2.24) is 9.88 Å². The Labute approximate surface area is 182 Å². The molecule has 2 aromatic rings. The van der Waals surface area contributed by atoms with Gasteiger partial charge in [0, 0.05) is 49.5 Å². The lowest BCUT2D eigenvalue weighted by atomic mass is 10.0. The Morgan fingerprint density at radius 3 is 2.53 bits per heavy atom. The second kappa shape index (κ2) is 9.02. The Kier molecular flexibility index (Phi) is 6.63. The molecule has 160 valence electrons. The largest absolute Gasteiger partial charge is 0.500 e. The summed E-state index contributed by atoms with van der Waals surface area (Å²) in [6, 6.07) is 5.54. The number of hydrogen-bond acceptors (Lipinski definition) is 6. The van der Waals surface area contributed by atoms with Gasteiger partial charge in [-0.3, -0.25) is 9.78 Å². The highest BCUT2D eigenvalue weighted by molar-refractivity contribution is 6.36. The van der Waals surface area contributed by atoms with Crippen LogP contribution >= 0.6 is 11.6 Å². The van der Waals surface area contributed by atoms with Gasteiger partial charge >= 0.3 is 0 Å². The van der Waals surface area contributed by atoms with Crippen LogP contribution in [0.15, 0.2) is 35.7 Å². The Hall–Kier alpha value is -2.64. The van der Waals surface area contributed by atoms with Crippen molar-refractivity contribution in [3.8, 4) is 0 Å². The van der Waals surface area contributed by atoms with Crippen LogP contribution in [0.25, 0.3) is 10.9 Å². The van der Waals surface area contributed by atoms with E-state index in [2.05, 4.69) is 9.88 Å². The summed E-state index contributed by atoms with van der Waals surface area (Å²) in [5.74, 6) is 0.287. The first-order valence-corrected chi connectivity index (χ1v) is 10.3. The number of fused-ring (bicyclic) bond motifs is 1. The van der Waals surface area contributed by atoms with Gasteiger partial charge in [0.1, 0.15) is 5.76 Å². The monoisotopic (exact) mass is 429 g/mol. The molecule has 1 aliphatic rings. The normalized spacial score (nSPS) is 16.3. The van der Waals surface area contributed by atoms with Crippen LogP contribution in [0.5, 0.6) is 0 Å². The van der Waals surface area contributed by atoms with Crippen molar-refractivity contribution in [3.05, 3.63) is 46.3 Å². The number of halogens is 1. The Morgan fingerprint density at radius 2 is 1.97 bits per heavy atom. The molecule has 3 N–H and O–H groups in total. The molecule has 1 aromatic heterocycles. The van der Waals surface area contributed by atoms with Crippen LogP contribution in [0.1, 0.15) is 32.4 Å². The molecule has 2 heterocycles. The quantitative estimate of drug-likeness (QED) is 0.430. The van der Waals surface area contributed by atoms with Crippen LogP contribution in [-0.2, 0) is 9.53 Å². The molecule has 1 aliphatic heterocycles. The van der Waals surface area contributed by atoms with E-state index in [1.54, 1.807) is 24.9 Å². The van der Waals surface area contributed by atoms with Crippen molar-refractivity contribution < 1.29 is 9.53 Å². The summed E-state index contributed by atoms with van der Waals surface area (Å²) in [4.78, 5) is 21.6. The number of carbonyl (C=O) groups is 1. The summed E-state index contributed by atoms with van der Waals surface area (Å²) >= 11 is 6.49. The van der Waals surface area contributed by atoms with Crippen LogP contribution in [0.3, 0.4) is 0 Å². The summed E-state index contributed by atoms with van der Waals surface area (Å²) in [7, 11) is 1.51. The number of benzene rings is 1. The third kappa shape index (κ3) is 4.13. The summed E-state index contributed by atoms with van der Waals surface area (Å²) in [5.41, 5.74) is 9.52. The molecule has 1 atom stereocenters. The van der Waals surface area contributed by atoms with Crippen molar-refractivity contribution in [1.29, 1.82) is 5.41 Å². The summed E-state index contributed by atoms with van der Waals surface area (Å²) in [6.07, 6.45) is 1.75. The molecule has 3 rings (SSSR count).